The standard InChI is InChI=1S/C8H10O2/c1-2-6-10-8(9)7-4-3-5-7/h7H,3-5H2,1H3. The van der Waals surface area contributed by atoms with E-state index in [1.54, 1.807) is 6.92 Å². The van der Waals surface area contributed by atoms with Crippen molar-refractivity contribution in [2.45, 2.75) is 26.2 Å². The lowest BCUT2D eigenvalue weighted by Crippen LogP contribution is -2.22. The molecule has 0 aliphatic heterocycles. The highest BCUT2D eigenvalue weighted by atomic mass is 16.5. The van der Waals surface area contributed by atoms with Crippen LogP contribution in [-0.2, 0) is 9.53 Å². The lowest BCUT2D eigenvalue weighted by atomic mass is 9.86. The largest absolute Gasteiger partial charge is 0.372 e. The van der Waals surface area contributed by atoms with Gasteiger partial charge in [0.05, 0.1) is 5.92 Å². The molecule has 0 radical (unpaired) electrons. The maximum atomic E-state index is 10.9. The minimum absolute atomic E-state index is 0.140. The van der Waals surface area contributed by atoms with E-state index in [9.17, 15) is 4.79 Å². The second kappa shape index (κ2) is 3.26. The summed E-state index contributed by atoms with van der Waals surface area (Å²) in [5.74, 6) is 2.50. The summed E-state index contributed by atoms with van der Waals surface area (Å²) < 4.78 is 4.60. The topological polar surface area (TPSA) is 26.3 Å². The summed E-state index contributed by atoms with van der Waals surface area (Å²) in [6.07, 6.45) is 5.40. The molecule has 0 bridgehead atoms. The summed E-state index contributed by atoms with van der Waals surface area (Å²) in [6, 6.07) is 0. The van der Waals surface area contributed by atoms with Crippen LogP contribution in [0.25, 0.3) is 0 Å². The molecule has 54 valence electrons. The summed E-state index contributed by atoms with van der Waals surface area (Å²) in [6.45, 7) is 1.65. The zero-order chi connectivity index (χ0) is 7.40. The van der Waals surface area contributed by atoms with Crippen LogP contribution in [0.4, 0.5) is 0 Å². The number of ether oxygens (including phenoxy) is 1. The smallest absolute Gasteiger partial charge is 0.322 e. The molecule has 1 aliphatic rings. The normalized spacial score (nSPS) is 16.5. The molecule has 0 aromatic rings. The van der Waals surface area contributed by atoms with Crippen LogP contribution < -0.4 is 0 Å². The Morgan fingerprint density at radius 1 is 1.60 bits per heavy atom. The second-order valence-electron chi connectivity index (χ2n) is 2.40. The molecule has 1 rings (SSSR count). The van der Waals surface area contributed by atoms with Crippen molar-refractivity contribution in [1.82, 2.24) is 0 Å². The summed E-state index contributed by atoms with van der Waals surface area (Å²) in [5.41, 5.74) is 0. The SMILES string of the molecule is CC#COC(=O)C1CCC1. The highest BCUT2D eigenvalue weighted by Crippen LogP contribution is 2.27. The highest BCUT2D eigenvalue weighted by Gasteiger charge is 2.26. The average Bonchev–Trinajstić information content (AvgIpc) is 1.79. The van der Waals surface area contributed by atoms with Crippen molar-refractivity contribution in [3.8, 4) is 12.0 Å². The molecular weight excluding hydrogens is 128 g/mol. The minimum atomic E-state index is -0.152. The summed E-state index contributed by atoms with van der Waals surface area (Å²) in [4.78, 5) is 10.9. The van der Waals surface area contributed by atoms with Crippen molar-refractivity contribution in [3.63, 3.8) is 0 Å². The van der Waals surface area contributed by atoms with Crippen molar-refractivity contribution in [1.29, 1.82) is 0 Å². The Kier molecular flexibility index (Phi) is 2.33. The van der Waals surface area contributed by atoms with Gasteiger partial charge in [-0.15, -0.1) is 0 Å². The fourth-order valence-corrected chi connectivity index (χ4v) is 0.829. The first-order valence-corrected chi connectivity index (χ1v) is 3.47. The van der Waals surface area contributed by atoms with Gasteiger partial charge in [0, 0.05) is 6.92 Å². The molecule has 1 saturated carbocycles. The first-order chi connectivity index (χ1) is 4.84. The Morgan fingerprint density at radius 2 is 2.30 bits per heavy atom. The number of carbonyl (C=O) groups is 1. The third kappa shape index (κ3) is 1.51. The van der Waals surface area contributed by atoms with Crippen molar-refractivity contribution in [3.05, 3.63) is 0 Å². The van der Waals surface area contributed by atoms with Crippen molar-refractivity contribution in [2.24, 2.45) is 5.92 Å². The van der Waals surface area contributed by atoms with Crippen molar-refractivity contribution >= 4 is 5.97 Å². The molecule has 0 aromatic heterocycles. The van der Waals surface area contributed by atoms with Crippen LogP contribution in [0.2, 0.25) is 0 Å². The van der Waals surface area contributed by atoms with Crippen LogP contribution in [0.15, 0.2) is 0 Å². The Morgan fingerprint density at radius 3 is 2.70 bits per heavy atom. The molecule has 0 N–H and O–H groups in total. The molecule has 0 amide bonds. The van der Waals surface area contributed by atoms with Gasteiger partial charge in [0.25, 0.3) is 0 Å². The molecule has 0 unspecified atom stereocenters. The van der Waals surface area contributed by atoms with Crippen LogP contribution in [0.5, 0.6) is 0 Å². The highest BCUT2D eigenvalue weighted by molar-refractivity contribution is 5.74. The third-order valence-electron chi connectivity index (χ3n) is 1.69. The number of esters is 1. The predicted molar refractivity (Wildman–Crippen MR) is 36.9 cm³/mol. The molecule has 10 heavy (non-hydrogen) atoms. The van der Waals surface area contributed by atoms with Crippen molar-refractivity contribution < 1.29 is 9.53 Å². The maximum Gasteiger partial charge on any atom is 0.322 e. The van der Waals surface area contributed by atoms with Crippen LogP contribution in [0.1, 0.15) is 26.2 Å². The van der Waals surface area contributed by atoms with Gasteiger partial charge in [-0.25, -0.2) is 0 Å². The molecular formula is C8H10O2. The molecule has 2 heteroatoms. The van der Waals surface area contributed by atoms with Gasteiger partial charge in [-0.1, -0.05) is 12.3 Å². The van der Waals surface area contributed by atoms with E-state index in [-0.39, 0.29) is 11.9 Å². The van der Waals surface area contributed by atoms with E-state index in [0.29, 0.717) is 0 Å². The molecule has 1 fully saturated rings. The van der Waals surface area contributed by atoms with Gasteiger partial charge in [0.1, 0.15) is 6.11 Å². The lowest BCUT2D eigenvalue weighted by Gasteiger charge is -2.21. The van der Waals surface area contributed by atoms with Gasteiger partial charge < -0.3 is 4.74 Å². The number of rotatable bonds is 1. The molecule has 1 aliphatic carbocycles. The average molecular weight is 138 g/mol. The van der Waals surface area contributed by atoms with Gasteiger partial charge >= 0.3 is 5.97 Å². The van der Waals surface area contributed by atoms with Crippen LogP contribution in [0, 0.1) is 17.9 Å². The predicted octanol–water partition coefficient (Wildman–Crippen LogP) is 1.31. The second-order valence-corrected chi connectivity index (χ2v) is 2.40. The Bertz CT molecular complexity index is 181. The molecule has 0 heterocycles. The van der Waals surface area contributed by atoms with Gasteiger partial charge in [0.2, 0.25) is 0 Å². The van der Waals surface area contributed by atoms with Crippen LogP contribution in [-0.4, -0.2) is 5.97 Å². The van der Waals surface area contributed by atoms with Gasteiger partial charge in [-0.3, -0.25) is 4.79 Å². The quantitative estimate of drug-likeness (QED) is 0.403. The van der Waals surface area contributed by atoms with Crippen LogP contribution >= 0.6 is 0 Å². The molecule has 0 aromatic carbocycles. The van der Waals surface area contributed by atoms with E-state index in [0.717, 1.165) is 19.3 Å². The molecule has 0 saturated heterocycles. The van der Waals surface area contributed by atoms with E-state index in [2.05, 4.69) is 16.8 Å². The van der Waals surface area contributed by atoms with Gasteiger partial charge in [0.15, 0.2) is 0 Å². The lowest BCUT2D eigenvalue weighted by molar-refractivity contribution is -0.144. The summed E-state index contributed by atoms with van der Waals surface area (Å²) >= 11 is 0. The number of hydrogen-bond donors (Lipinski definition) is 0. The van der Waals surface area contributed by atoms with Gasteiger partial charge in [-0.05, 0) is 12.8 Å². The summed E-state index contributed by atoms with van der Waals surface area (Å²) in [7, 11) is 0. The Balaban J connectivity index is 2.24. The van der Waals surface area contributed by atoms with E-state index in [4.69, 9.17) is 0 Å². The monoisotopic (exact) mass is 138 g/mol. The Hall–Kier alpha value is -0.970. The summed E-state index contributed by atoms with van der Waals surface area (Å²) in [5, 5.41) is 0. The van der Waals surface area contributed by atoms with Crippen LogP contribution in [0.3, 0.4) is 0 Å². The Labute approximate surface area is 60.6 Å². The van der Waals surface area contributed by atoms with E-state index in [1.165, 1.54) is 0 Å². The van der Waals surface area contributed by atoms with Gasteiger partial charge in [-0.2, -0.15) is 0 Å². The van der Waals surface area contributed by atoms with Crippen molar-refractivity contribution in [2.75, 3.05) is 0 Å². The zero-order valence-corrected chi connectivity index (χ0v) is 6.02. The first kappa shape index (κ1) is 7.14. The fourth-order valence-electron chi connectivity index (χ4n) is 0.829. The first-order valence-electron chi connectivity index (χ1n) is 3.47. The van der Waals surface area contributed by atoms with E-state index in [1.807, 2.05) is 0 Å². The molecule has 0 atom stereocenters. The third-order valence-corrected chi connectivity index (χ3v) is 1.69. The molecule has 0 spiro atoms. The number of hydrogen-bond acceptors (Lipinski definition) is 2. The molecule has 2 nitrogen and oxygen atoms in total. The number of carbonyl (C=O) groups excluding carboxylic acids is 1. The maximum absolute atomic E-state index is 10.9. The van der Waals surface area contributed by atoms with E-state index >= 15 is 0 Å². The van der Waals surface area contributed by atoms with E-state index < -0.39 is 0 Å². The zero-order valence-electron chi connectivity index (χ0n) is 6.02. The minimum Gasteiger partial charge on any atom is -0.372 e. The fraction of sp³-hybridized carbons (Fsp3) is 0.625.